The quantitative estimate of drug-likeness (QED) is 0.628. The number of hydrogen-bond donors (Lipinski definition) is 1. The fourth-order valence-electron chi connectivity index (χ4n) is 0.869. The van der Waals surface area contributed by atoms with Gasteiger partial charge in [-0.25, -0.2) is 0 Å². The van der Waals surface area contributed by atoms with E-state index in [-0.39, 0.29) is 0 Å². The van der Waals surface area contributed by atoms with Crippen LogP contribution in [-0.2, 0) is 0 Å². The van der Waals surface area contributed by atoms with Gasteiger partial charge in [0.25, 0.3) is 0 Å². The Kier molecular flexibility index (Phi) is 7.18. The molecule has 0 aliphatic rings. The predicted octanol–water partition coefficient (Wildman–Crippen LogP) is 2.65. The molecule has 0 rings (SSSR count). The monoisotopic (exact) mass is 175 g/mol. The van der Waals surface area contributed by atoms with E-state index in [1.54, 1.807) is 0 Å². The number of hydrogen-bond acceptors (Lipinski definition) is 2. The summed E-state index contributed by atoms with van der Waals surface area (Å²) in [7, 11) is 0. The molecule has 0 bridgehead atoms. The third-order valence-electron chi connectivity index (χ3n) is 1.95. The van der Waals surface area contributed by atoms with Gasteiger partial charge in [-0.3, -0.25) is 0 Å². The molecule has 0 saturated heterocycles. The Balaban J connectivity index is 3.28. The molecule has 0 aromatic carbocycles. The van der Waals surface area contributed by atoms with E-state index in [0.29, 0.717) is 11.3 Å². The van der Waals surface area contributed by atoms with Crippen molar-refractivity contribution in [3.63, 3.8) is 0 Å². The molecule has 2 heteroatoms. The Bertz CT molecular complexity index is 85.6. The van der Waals surface area contributed by atoms with Gasteiger partial charge in [-0.15, -0.1) is 0 Å². The largest absolute Gasteiger partial charge is 0.327 e. The van der Waals surface area contributed by atoms with E-state index in [9.17, 15) is 0 Å². The van der Waals surface area contributed by atoms with E-state index in [4.69, 9.17) is 5.73 Å². The summed E-state index contributed by atoms with van der Waals surface area (Å²) in [6.07, 6.45) is 3.72. The molecule has 0 amide bonds. The Morgan fingerprint density at radius 2 is 2.00 bits per heavy atom. The van der Waals surface area contributed by atoms with Crippen LogP contribution in [0.4, 0.5) is 0 Å². The maximum atomic E-state index is 5.88. The van der Waals surface area contributed by atoms with Crippen molar-refractivity contribution in [2.24, 2.45) is 5.73 Å². The van der Waals surface area contributed by atoms with Gasteiger partial charge >= 0.3 is 0 Å². The average molecular weight is 175 g/mol. The van der Waals surface area contributed by atoms with Crippen LogP contribution in [0.2, 0.25) is 0 Å². The molecule has 0 aromatic rings. The Labute approximate surface area is 75.1 Å². The second-order valence-electron chi connectivity index (χ2n) is 3.00. The molecule has 1 nitrogen and oxygen atoms in total. The van der Waals surface area contributed by atoms with Gasteiger partial charge in [0.1, 0.15) is 0 Å². The first-order chi connectivity index (χ1) is 5.22. The van der Waals surface area contributed by atoms with Crippen LogP contribution < -0.4 is 5.73 Å². The van der Waals surface area contributed by atoms with Gasteiger partial charge in [0.15, 0.2) is 0 Å². The van der Waals surface area contributed by atoms with Crippen molar-refractivity contribution in [2.45, 2.75) is 51.3 Å². The minimum absolute atomic E-state index is 0.386. The molecule has 0 aliphatic heterocycles. The van der Waals surface area contributed by atoms with Crippen LogP contribution in [-0.4, -0.2) is 17.0 Å². The molecular formula is C9H21NS. The van der Waals surface area contributed by atoms with Crippen molar-refractivity contribution >= 4 is 11.8 Å². The molecule has 0 radical (unpaired) electrons. The van der Waals surface area contributed by atoms with E-state index in [1.165, 1.54) is 18.6 Å². The second kappa shape index (κ2) is 6.99. The smallest absolute Gasteiger partial charge is 0.0170 e. The molecule has 0 spiro atoms. The molecule has 0 saturated carbocycles. The van der Waals surface area contributed by atoms with E-state index >= 15 is 0 Å². The summed E-state index contributed by atoms with van der Waals surface area (Å²) < 4.78 is 0. The van der Waals surface area contributed by atoms with E-state index in [0.717, 1.165) is 6.42 Å². The molecule has 0 fully saturated rings. The number of thioether (sulfide) groups is 1. The lowest BCUT2D eigenvalue weighted by atomic mass is 10.2. The van der Waals surface area contributed by atoms with Crippen LogP contribution in [0.3, 0.4) is 0 Å². The first-order valence-electron chi connectivity index (χ1n) is 4.59. The Morgan fingerprint density at radius 3 is 2.45 bits per heavy atom. The lowest BCUT2D eigenvalue weighted by Crippen LogP contribution is -2.29. The van der Waals surface area contributed by atoms with Crippen LogP contribution >= 0.6 is 11.8 Å². The topological polar surface area (TPSA) is 26.0 Å². The molecule has 2 N–H and O–H groups in total. The van der Waals surface area contributed by atoms with Gasteiger partial charge in [-0.05, 0) is 18.6 Å². The first-order valence-corrected chi connectivity index (χ1v) is 5.64. The zero-order valence-corrected chi connectivity index (χ0v) is 8.79. The number of rotatable bonds is 6. The van der Waals surface area contributed by atoms with E-state index in [1.807, 2.05) is 11.8 Å². The van der Waals surface area contributed by atoms with Crippen molar-refractivity contribution in [3.05, 3.63) is 0 Å². The summed E-state index contributed by atoms with van der Waals surface area (Å²) >= 11 is 2.01. The molecule has 0 aromatic heterocycles. The summed E-state index contributed by atoms with van der Waals surface area (Å²) in [4.78, 5) is 0. The van der Waals surface area contributed by atoms with Gasteiger partial charge in [0, 0.05) is 11.3 Å². The van der Waals surface area contributed by atoms with Crippen LogP contribution in [0.25, 0.3) is 0 Å². The van der Waals surface area contributed by atoms with Crippen LogP contribution in [0.1, 0.15) is 40.0 Å². The van der Waals surface area contributed by atoms with E-state index in [2.05, 4.69) is 20.8 Å². The third kappa shape index (κ3) is 5.57. The van der Waals surface area contributed by atoms with Crippen molar-refractivity contribution in [3.8, 4) is 0 Å². The predicted molar refractivity (Wildman–Crippen MR) is 55.1 cm³/mol. The van der Waals surface area contributed by atoms with E-state index < -0.39 is 0 Å². The first kappa shape index (κ1) is 11.3. The zero-order valence-electron chi connectivity index (χ0n) is 7.97. The van der Waals surface area contributed by atoms with Gasteiger partial charge in [0.05, 0.1) is 0 Å². The average Bonchev–Trinajstić information content (AvgIpc) is 2.03. The fourth-order valence-corrected chi connectivity index (χ4v) is 2.14. The molecular weight excluding hydrogens is 154 g/mol. The standard InChI is InChI=1S/C9H21NS/c1-4-6-7-11-8(3)9(10)5-2/h8-9H,4-7,10H2,1-3H3. The maximum absolute atomic E-state index is 5.88. The molecule has 11 heavy (non-hydrogen) atoms. The highest BCUT2D eigenvalue weighted by molar-refractivity contribution is 7.99. The highest BCUT2D eigenvalue weighted by atomic mass is 32.2. The van der Waals surface area contributed by atoms with Crippen molar-refractivity contribution in [1.29, 1.82) is 0 Å². The summed E-state index contributed by atoms with van der Waals surface area (Å²) in [6.45, 7) is 6.61. The lowest BCUT2D eigenvalue weighted by molar-refractivity contribution is 0.642. The van der Waals surface area contributed by atoms with Gasteiger partial charge in [-0.1, -0.05) is 27.2 Å². The van der Waals surface area contributed by atoms with Gasteiger partial charge in [-0.2, -0.15) is 11.8 Å². The van der Waals surface area contributed by atoms with Crippen molar-refractivity contribution < 1.29 is 0 Å². The summed E-state index contributed by atoms with van der Waals surface area (Å²) in [5, 5.41) is 0.631. The maximum Gasteiger partial charge on any atom is 0.0170 e. The number of nitrogens with two attached hydrogens (primary N) is 1. The van der Waals surface area contributed by atoms with Gasteiger partial charge in [0.2, 0.25) is 0 Å². The molecule has 0 aliphatic carbocycles. The Morgan fingerprint density at radius 1 is 1.36 bits per heavy atom. The van der Waals surface area contributed by atoms with Crippen molar-refractivity contribution in [1.82, 2.24) is 0 Å². The molecule has 0 heterocycles. The number of unbranched alkanes of at least 4 members (excludes halogenated alkanes) is 1. The highest BCUT2D eigenvalue weighted by Crippen LogP contribution is 2.16. The summed E-state index contributed by atoms with van der Waals surface area (Å²) in [5.74, 6) is 1.27. The minimum atomic E-state index is 0.386. The summed E-state index contributed by atoms with van der Waals surface area (Å²) in [6, 6.07) is 0.386. The van der Waals surface area contributed by atoms with Gasteiger partial charge < -0.3 is 5.73 Å². The summed E-state index contributed by atoms with van der Waals surface area (Å²) in [5.41, 5.74) is 5.88. The normalized spacial score (nSPS) is 16.4. The minimum Gasteiger partial charge on any atom is -0.327 e. The second-order valence-corrected chi connectivity index (χ2v) is 4.49. The Hall–Kier alpha value is 0.310. The third-order valence-corrected chi connectivity index (χ3v) is 3.35. The van der Waals surface area contributed by atoms with Crippen LogP contribution in [0.5, 0.6) is 0 Å². The SMILES string of the molecule is CCCCSC(C)C(N)CC. The lowest BCUT2D eigenvalue weighted by Gasteiger charge is -2.17. The van der Waals surface area contributed by atoms with Crippen molar-refractivity contribution in [2.75, 3.05) is 5.75 Å². The molecule has 2 atom stereocenters. The zero-order chi connectivity index (χ0) is 8.69. The van der Waals surface area contributed by atoms with Crippen LogP contribution in [0.15, 0.2) is 0 Å². The van der Waals surface area contributed by atoms with Crippen LogP contribution in [0, 0.1) is 0 Å². The molecule has 68 valence electrons. The highest BCUT2D eigenvalue weighted by Gasteiger charge is 2.09. The fraction of sp³-hybridized carbons (Fsp3) is 1.00. The molecule has 2 unspecified atom stereocenters.